The number of nitrogens with zero attached hydrogens (tertiary/aromatic N) is 4. The second kappa shape index (κ2) is 25.5. The van der Waals surface area contributed by atoms with Crippen LogP contribution >= 0.6 is 0 Å². The summed E-state index contributed by atoms with van der Waals surface area (Å²) in [6.07, 6.45) is -0.172. The lowest BCUT2D eigenvalue weighted by Crippen LogP contribution is -2.55. The van der Waals surface area contributed by atoms with Crippen molar-refractivity contribution >= 4 is 100 Å². The fraction of sp³-hybridized carbons (Fsp3) is 0.0930. The molecule has 16 nitrogen and oxygen atoms in total. The molecule has 0 fully saturated rings. The van der Waals surface area contributed by atoms with Crippen LogP contribution in [0.15, 0.2) is 267 Å². The number of aromatic nitrogens is 2. The van der Waals surface area contributed by atoms with Crippen LogP contribution in [-0.4, -0.2) is 91.2 Å². The van der Waals surface area contributed by atoms with Gasteiger partial charge in [-0.15, -0.1) is 0 Å². The van der Waals surface area contributed by atoms with Crippen LogP contribution in [0, 0.1) is 0 Å². The van der Waals surface area contributed by atoms with Crippen LogP contribution in [0.5, 0.6) is 46.0 Å². The second-order valence-corrected chi connectivity index (χ2v) is 25.9. The van der Waals surface area contributed by atoms with Crippen LogP contribution < -0.4 is 18.9 Å². The molecule has 2 aromatic heterocycles. The van der Waals surface area contributed by atoms with Gasteiger partial charge < -0.3 is 38.7 Å². The molecular formula is C86H62N6O10. The Bertz CT molecular complexity index is 5210. The van der Waals surface area contributed by atoms with E-state index in [-0.39, 0.29) is 82.0 Å². The summed E-state index contributed by atoms with van der Waals surface area (Å²) in [5, 5.41) is 3.98. The molecule has 0 saturated heterocycles. The summed E-state index contributed by atoms with van der Waals surface area (Å²) in [6.45, 7) is 0.338. The molecule has 102 heavy (non-hydrogen) atoms. The summed E-state index contributed by atoms with van der Waals surface area (Å²) < 4.78 is 28.8. The van der Waals surface area contributed by atoms with E-state index >= 15 is 28.8 Å². The van der Waals surface area contributed by atoms with Crippen LogP contribution in [-0.2, 0) is 35.5 Å². The fourth-order valence-electron chi connectivity index (χ4n) is 14.8. The molecule has 2 N–H and O–H groups in total. The van der Waals surface area contributed by atoms with Gasteiger partial charge in [-0.25, -0.2) is 0 Å². The SMILES string of the molecule is CN(Cc1ccccc1)C(=O)C(Cc1cc2ccccc2[nH]1)N1C(=O)c2cc(Oc3ccccc3)c3c4c(Oc5ccccc5)cc5c6c(cc(Oc7ccccc7)c(c7c(Oc8ccccc8)cc(c2c37)C1=O)c64)C(=O)N(C(Cc1cc2ccccc2[nH]1)C(=O)N(C)Cc1ccccc1)C5=O. The molecule has 2 aliphatic rings. The van der Waals surface area contributed by atoms with Gasteiger partial charge >= 0.3 is 0 Å². The highest BCUT2D eigenvalue weighted by Crippen LogP contribution is 2.58. The van der Waals surface area contributed by atoms with Crippen molar-refractivity contribution in [3.8, 4) is 46.0 Å². The number of fused-ring (bicyclic) bond motifs is 4. The number of likely N-dealkylation sites (N-methyl/N-ethyl adjacent to an activating group) is 2. The molecule has 2 atom stereocenters. The number of amides is 6. The van der Waals surface area contributed by atoms with Crippen molar-refractivity contribution in [3.05, 3.63) is 312 Å². The highest BCUT2D eigenvalue weighted by molar-refractivity contribution is 6.45. The van der Waals surface area contributed by atoms with Gasteiger partial charge in [0.1, 0.15) is 58.1 Å². The van der Waals surface area contributed by atoms with Crippen LogP contribution in [0.1, 0.15) is 63.9 Å². The molecule has 0 bridgehead atoms. The number of para-hydroxylation sites is 6. The number of ether oxygens (including phenoxy) is 4. The molecule has 4 heterocycles. The van der Waals surface area contributed by atoms with E-state index in [0.717, 1.165) is 42.7 Å². The first-order valence-corrected chi connectivity index (χ1v) is 33.6. The number of benzene rings is 13. The van der Waals surface area contributed by atoms with E-state index in [2.05, 4.69) is 9.97 Å². The number of imide groups is 2. The Morgan fingerprint density at radius 3 is 0.882 bits per heavy atom. The minimum absolute atomic E-state index is 0.0240. The Kier molecular flexibility index (Phi) is 15.6. The van der Waals surface area contributed by atoms with Gasteiger partial charge in [0.05, 0.1) is 22.3 Å². The van der Waals surface area contributed by atoms with E-state index in [1.165, 1.54) is 9.80 Å². The van der Waals surface area contributed by atoms with E-state index in [4.69, 9.17) is 18.9 Å². The van der Waals surface area contributed by atoms with Crippen LogP contribution in [0.2, 0.25) is 0 Å². The topological polar surface area (TPSA) is 184 Å². The molecule has 0 radical (unpaired) electrons. The summed E-state index contributed by atoms with van der Waals surface area (Å²) in [5.41, 5.74) is 4.61. The van der Waals surface area contributed by atoms with E-state index in [9.17, 15) is 0 Å². The molecule has 6 amide bonds. The van der Waals surface area contributed by atoms with Crippen LogP contribution in [0.25, 0.3) is 64.9 Å². The van der Waals surface area contributed by atoms with Gasteiger partial charge in [-0.1, -0.05) is 170 Å². The average Bonchev–Trinajstić information content (AvgIpc) is 0.729. The third-order valence-electron chi connectivity index (χ3n) is 19.3. The third-order valence-corrected chi connectivity index (χ3v) is 19.3. The monoisotopic (exact) mass is 1340 g/mol. The zero-order valence-corrected chi connectivity index (χ0v) is 55.3. The molecule has 496 valence electrons. The number of carbonyl (C=O) groups is 6. The summed E-state index contributed by atoms with van der Waals surface area (Å²) in [7, 11) is 3.32. The molecule has 15 aromatic rings. The highest BCUT2D eigenvalue weighted by Gasteiger charge is 2.47. The number of hydrogen-bond acceptors (Lipinski definition) is 10. The second-order valence-electron chi connectivity index (χ2n) is 25.9. The Morgan fingerprint density at radius 1 is 0.333 bits per heavy atom. The molecule has 0 saturated carbocycles. The highest BCUT2D eigenvalue weighted by atomic mass is 16.5. The van der Waals surface area contributed by atoms with Crippen molar-refractivity contribution in [1.82, 2.24) is 29.6 Å². The van der Waals surface area contributed by atoms with Gasteiger partial charge in [-0.05, 0) is 119 Å². The molecular weight excluding hydrogens is 1280 g/mol. The van der Waals surface area contributed by atoms with Gasteiger partial charge in [-0.3, -0.25) is 38.6 Å². The lowest BCUT2D eigenvalue weighted by Gasteiger charge is -2.37. The number of H-pyrrole nitrogens is 2. The zero-order valence-electron chi connectivity index (χ0n) is 55.3. The Hall–Kier alpha value is -13.3. The van der Waals surface area contributed by atoms with Crippen molar-refractivity contribution in [3.63, 3.8) is 0 Å². The van der Waals surface area contributed by atoms with Gasteiger partial charge in [-0.2, -0.15) is 0 Å². The van der Waals surface area contributed by atoms with Crippen molar-refractivity contribution < 1.29 is 47.7 Å². The van der Waals surface area contributed by atoms with Gasteiger partial charge in [0, 0.05) is 106 Å². The molecule has 0 spiro atoms. The third kappa shape index (κ3) is 11.0. The molecule has 2 aliphatic heterocycles. The van der Waals surface area contributed by atoms with Crippen LogP contribution in [0.4, 0.5) is 0 Å². The number of aromatic amines is 2. The summed E-state index contributed by atoms with van der Waals surface area (Å²) >= 11 is 0. The number of nitrogens with one attached hydrogen (secondary N) is 2. The van der Waals surface area contributed by atoms with Crippen molar-refractivity contribution in [2.24, 2.45) is 0 Å². The van der Waals surface area contributed by atoms with E-state index < -0.39 is 47.5 Å². The van der Waals surface area contributed by atoms with Crippen LogP contribution in [0.3, 0.4) is 0 Å². The van der Waals surface area contributed by atoms with Gasteiger partial charge in [0.25, 0.3) is 23.6 Å². The number of hydrogen-bond donors (Lipinski definition) is 2. The fourth-order valence-corrected chi connectivity index (χ4v) is 14.8. The van der Waals surface area contributed by atoms with E-state index in [1.54, 1.807) is 86.9 Å². The minimum Gasteiger partial charge on any atom is -0.457 e. The predicted octanol–water partition coefficient (Wildman–Crippen LogP) is 17.6. The first-order chi connectivity index (χ1) is 49.9. The van der Waals surface area contributed by atoms with Gasteiger partial charge in [0.2, 0.25) is 11.8 Å². The standard InChI is InChI=1S/C86H62N6O10/c1-89(49-51-25-9-3-10-26-51)85(97)67(43-55-41-53-29-21-23-39-65(53)87-55)91-81(93)61-45-69(99-57-31-13-5-14-32-57)75-77-71(101-59-35-17-7-18-36-59)47-63-74-64(84(96)92(83(63)95)68(44-56-42-54-30-22-24-40-66(54)88-56)86(98)90(2)50-52-27-11-4-12-28-52)48-72(102-60-37-19-8-20-38-60)78(80(74)77)76-70(100-58-33-15-6-16-34-58)46-62(82(91)94)73(61)79(75)76/h3-42,45-48,67-68,87-88H,43-44,49-50H2,1-2H3. The average molecular weight is 1340 g/mol. The first kappa shape index (κ1) is 62.2. The Morgan fingerprint density at radius 2 is 0.598 bits per heavy atom. The molecule has 13 aromatic carbocycles. The predicted molar refractivity (Wildman–Crippen MR) is 392 cm³/mol. The quantitative estimate of drug-likeness (QED) is 0.0423. The summed E-state index contributed by atoms with van der Waals surface area (Å²) in [5.74, 6) is -2.24. The van der Waals surface area contributed by atoms with Crippen molar-refractivity contribution in [2.75, 3.05) is 14.1 Å². The first-order valence-electron chi connectivity index (χ1n) is 33.6. The molecule has 2 unspecified atom stereocenters. The minimum atomic E-state index is -1.41. The smallest absolute Gasteiger partial charge is 0.262 e. The largest absolute Gasteiger partial charge is 0.457 e. The zero-order chi connectivity index (χ0) is 69.3. The maximum Gasteiger partial charge on any atom is 0.262 e. The normalized spacial score (nSPS) is 13.4. The Balaban J connectivity index is 0.961. The van der Waals surface area contributed by atoms with E-state index in [1.807, 2.05) is 194 Å². The maximum absolute atomic E-state index is 16.6. The van der Waals surface area contributed by atoms with Crippen molar-refractivity contribution in [1.29, 1.82) is 0 Å². The summed E-state index contributed by atoms with van der Waals surface area (Å²) in [4.78, 5) is 110. The summed E-state index contributed by atoms with van der Waals surface area (Å²) in [6, 6.07) is 77.9. The number of carbonyl (C=O) groups excluding carboxylic acids is 6. The molecule has 0 aliphatic carbocycles. The lowest BCUT2D eigenvalue weighted by molar-refractivity contribution is -0.135. The maximum atomic E-state index is 16.6. The Labute approximate surface area is 584 Å². The molecule has 16 heteroatoms. The van der Waals surface area contributed by atoms with E-state index in [0.29, 0.717) is 66.7 Å². The molecule has 17 rings (SSSR count). The lowest BCUT2D eigenvalue weighted by atomic mass is 9.80. The number of rotatable bonds is 20. The van der Waals surface area contributed by atoms with Crippen molar-refractivity contribution in [2.45, 2.75) is 38.0 Å². The van der Waals surface area contributed by atoms with Gasteiger partial charge in [0.15, 0.2) is 0 Å².